The Labute approximate surface area is 130 Å². The van der Waals surface area contributed by atoms with E-state index in [1.165, 1.54) is 12.1 Å². The zero-order valence-corrected chi connectivity index (χ0v) is 14.1. The Bertz CT molecular complexity index is 519. The van der Waals surface area contributed by atoms with Gasteiger partial charge >= 0.3 is 0 Å². The molecule has 0 aromatic heterocycles. The largest absolute Gasteiger partial charge is 0.399 e. The molecule has 3 nitrogen and oxygen atoms in total. The van der Waals surface area contributed by atoms with Crippen molar-refractivity contribution < 1.29 is 4.79 Å². The molecule has 1 aromatic carbocycles. The third-order valence-corrected chi connectivity index (χ3v) is 3.52. The topological polar surface area (TPSA) is 55.1 Å². The van der Waals surface area contributed by atoms with Crippen molar-refractivity contribution in [2.75, 3.05) is 5.73 Å². The van der Waals surface area contributed by atoms with Crippen molar-refractivity contribution in [3.63, 3.8) is 0 Å². The number of anilines is 1. The lowest BCUT2D eigenvalue weighted by Crippen LogP contribution is -2.45. The molecule has 20 heavy (non-hydrogen) atoms. The van der Waals surface area contributed by atoms with Crippen molar-refractivity contribution in [1.82, 2.24) is 5.32 Å². The van der Waals surface area contributed by atoms with Crippen molar-refractivity contribution in [1.29, 1.82) is 0 Å². The quantitative estimate of drug-likeness (QED) is 0.805. The van der Waals surface area contributed by atoms with E-state index in [2.05, 4.69) is 26.1 Å². The van der Waals surface area contributed by atoms with Gasteiger partial charge in [0.05, 0.1) is 15.6 Å². The molecule has 5 heteroatoms. The summed E-state index contributed by atoms with van der Waals surface area (Å²) in [6.45, 7) is 10.4. The number of rotatable bonds is 3. The number of nitrogen functional groups attached to an aromatic ring is 1. The van der Waals surface area contributed by atoms with Crippen LogP contribution in [0.5, 0.6) is 0 Å². The van der Waals surface area contributed by atoms with E-state index in [4.69, 9.17) is 28.9 Å². The van der Waals surface area contributed by atoms with Gasteiger partial charge in [0.2, 0.25) is 0 Å². The molecular weight excluding hydrogens is 295 g/mol. The summed E-state index contributed by atoms with van der Waals surface area (Å²) in [6.07, 6.45) is 0.833. The fraction of sp³-hybridized carbons (Fsp3) is 0.533. The highest BCUT2D eigenvalue weighted by atomic mass is 35.5. The molecule has 0 bridgehead atoms. The maximum absolute atomic E-state index is 12.4. The summed E-state index contributed by atoms with van der Waals surface area (Å²) in [5, 5.41) is 3.50. The Balaban J connectivity index is 2.97. The Morgan fingerprint density at radius 3 is 2.25 bits per heavy atom. The molecule has 0 fully saturated rings. The van der Waals surface area contributed by atoms with Gasteiger partial charge in [-0.1, -0.05) is 44.0 Å². The Kier molecular flexibility index (Phi) is 4.99. The van der Waals surface area contributed by atoms with Crippen LogP contribution in [-0.2, 0) is 0 Å². The summed E-state index contributed by atoms with van der Waals surface area (Å²) < 4.78 is 0. The van der Waals surface area contributed by atoms with Gasteiger partial charge in [0, 0.05) is 11.2 Å². The van der Waals surface area contributed by atoms with E-state index in [1.54, 1.807) is 0 Å². The lowest BCUT2D eigenvalue weighted by Gasteiger charge is -2.33. The average molecular weight is 317 g/mol. The molecule has 0 radical (unpaired) electrons. The third-order valence-electron chi connectivity index (χ3n) is 2.72. The Morgan fingerprint density at radius 2 is 1.75 bits per heavy atom. The first-order chi connectivity index (χ1) is 8.91. The zero-order chi connectivity index (χ0) is 15.7. The summed E-state index contributed by atoms with van der Waals surface area (Å²) >= 11 is 12.0. The molecule has 0 saturated heterocycles. The number of nitrogens with two attached hydrogens (primary N) is 1. The van der Waals surface area contributed by atoms with Gasteiger partial charge in [-0.15, -0.1) is 0 Å². The van der Waals surface area contributed by atoms with Gasteiger partial charge in [0.1, 0.15) is 0 Å². The number of hydrogen-bond acceptors (Lipinski definition) is 2. The van der Waals surface area contributed by atoms with Gasteiger partial charge in [-0.05, 0) is 37.8 Å². The highest BCUT2D eigenvalue weighted by Crippen LogP contribution is 2.30. The first kappa shape index (κ1) is 17.1. The summed E-state index contributed by atoms with van der Waals surface area (Å²) in [4.78, 5) is 12.4. The zero-order valence-electron chi connectivity index (χ0n) is 12.6. The standard InChI is InChI=1S/C15H22Cl2N2O/c1-14(2,3)8-15(4,5)19-13(20)10-6-9(18)7-11(16)12(10)17/h6-7H,8,18H2,1-5H3,(H,19,20). The van der Waals surface area contributed by atoms with Crippen LogP contribution in [0.25, 0.3) is 0 Å². The van der Waals surface area contributed by atoms with Crippen molar-refractivity contribution in [3.05, 3.63) is 27.7 Å². The molecule has 0 aliphatic heterocycles. The monoisotopic (exact) mass is 316 g/mol. The predicted molar refractivity (Wildman–Crippen MR) is 86.5 cm³/mol. The number of amides is 1. The van der Waals surface area contributed by atoms with Crippen LogP contribution >= 0.6 is 23.2 Å². The average Bonchev–Trinajstić information content (AvgIpc) is 2.18. The predicted octanol–water partition coefficient (Wildman–Crippen LogP) is 4.52. The molecule has 0 aliphatic rings. The van der Waals surface area contributed by atoms with Crippen LogP contribution < -0.4 is 11.1 Å². The molecule has 0 saturated carbocycles. The van der Waals surface area contributed by atoms with E-state index >= 15 is 0 Å². The lowest BCUT2D eigenvalue weighted by atomic mass is 9.81. The van der Waals surface area contributed by atoms with Crippen LogP contribution in [0.3, 0.4) is 0 Å². The minimum Gasteiger partial charge on any atom is -0.399 e. The number of halogens is 2. The molecule has 1 aromatic rings. The summed E-state index contributed by atoms with van der Waals surface area (Å²) in [5.74, 6) is -0.265. The minimum absolute atomic E-state index is 0.105. The highest BCUT2D eigenvalue weighted by Gasteiger charge is 2.28. The van der Waals surface area contributed by atoms with E-state index in [0.717, 1.165) is 6.42 Å². The van der Waals surface area contributed by atoms with Crippen LogP contribution in [0.2, 0.25) is 10.0 Å². The van der Waals surface area contributed by atoms with Crippen LogP contribution in [0.4, 0.5) is 5.69 Å². The fourth-order valence-electron chi connectivity index (χ4n) is 2.52. The molecule has 0 aliphatic carbocycles. The molecule has 1 amide bonds. The summed E-state index contributed by atoms with van der Waals surface area (Å²) in [7, 11) is 0. The smallest absolute Gasteiger partial charge is 0.253 e. The fourth-order valence-corrected chi connectivity index (χ4v) is 2.94. The number of nitrogens with one attached hydrogen (secondary N) is 1. The van der Waals surface area contributed by atoms with E-state index in [9.17, 15) is 4.79 Å². The van der Waals surface area contributed by atoms with Crippen LogP contribution in [0.15, 0.2) is 12.1 Å². The second kappa shape index (κ2) is 5.82. The van der Waals surface area contributed by atoms with Crippen LogP contribution in [0, 0.1) is 5.41 Å². The number of hydrogen-bond donors (Lipinski definition) is 2. The first-order valence-corrected chi connectivity index (χ1v) is 7.24. The molecule has 3 N–H and O–H groups in total. The molecule has 0 spiro atoms. The molecule has 0 unspecified atom stereocenters. The maximum atomic E-state index is 12.4. The number of carbonyl (C=O) groups is 1. The second-order valence-corrected chi connectivity index (χ2v) is 7.72. The van der Waals surface area contributed by atoms with Gasteiger partial charge in [0.15, 0.2) is 0 Å². The number of carbonyl (C=O) groups excluding carboxylic acids is 1. The maximum Gasteiger partial charge on any atom is 0.253 e. The molecule has 0 atom stereocenters. The van der Waals surface area contributed by atoms with Crippen molar-refractivity contribution in [2.24, 2.45) is 5.41 Å². The van der Waals surface area contributed by atoms with Crippen molar-refractivity contribution >= 4 is 34.8 Å². The normalized spacial score (nSPS) is 12.3. The van der Waals surface area contributed by atoms with E-state index in [0.29, 0.717) is 11.3 Å². The lowest BCUT2D eigenvalue weighted by molar-refractivity contribution is 0.0891. The first-order valence-electron chi connectivity index (χ1n) is 6.48. The molecule has 112 valence electrons. The van der Waals surface area contributed by atoms with E-state index < -0.39 is 0 Å². The third kappa shape index (κ3) is 4.88. The van der Waals surface area contributed by atoms with Gasteiger partial charge < -0.3 is 11.1 Å². The molecule has 0 heterocycles. The summed E-state index contributed by atoms with van der Waals surface area (Å²) in [5.41, 5.74) is 6.18. The molecular formula is C15H22Cl2N2O. The van der Waals surface area contributed by atoms with Gasteiger partial charge in [0.25, 0.3) is 5.91 Å². The molecule has 1 rings (SSSR count). The number of benzene rings is 1. The highest BCUT2D eigenvalue weighted by molar-refractivity contribution is 6.44. The van der Waals surface area contributed by atoms with Gasteiger partial charge in [-0.3, -0.25) is 4.79 Å². The SMILES string of the molecule is CC(C)(C)CC(C)(C)NC(=O)c1cc(N)cc(Cl)c1Cl. The minimum atomic E-state index is -0.351. The second-order valence-electron chi connectivity index (χ2n) is 6.94. The van der Waals surface area contributed by atoms with Gasteiger partial charge in [-0.25, -0.2) is 0 Å². The van der Waals surface area contributed by atoms with Crippen LogP contribution in [0.1, 0.15) is 51.4 Å². The van der Waals surface area contributed by atoms with Crippen molar-refractivity contribution in [2.45, 2.75) is 46.6 Å². The Hall–Kier alpha value is -0.930. The summed E-state index contributed by atoms with van der Waals surface area (Å²) in [6, 6.07) is 3.07. The van der Waals surface area contributed by atoms with E-state index in [-0.39, 0.29) is 26.9 Å². The van der Waals surface area contributed by atoms with E-state index in [1.807, 2.05) is 13.8 Å². The van der Waals surface area contributed by atoms with Gasteiger partial charge in [-0.2, -0.15) is 0 Å². The van der Waals surface area contributed by atoms with Crippen LogP contribution in [-0.4, -0.2) is 11.4 Å². The van der Waals surface area contributed by atoms with Crippen molar-refractivity contribution in [3.8, 4) is 0 Å². The Morgan fingerprint density at radius 1 is 1.20 bits per heavy atom.